The molecule has 2 amide bonds. The highest BCUT2D eigenvalue weighted by atomic mass is 16.5. The summed E-state index contributed by atoms with van der Waals surface area (Å²) in [6, 6.07) is 1.90. The van der Waals surface area contributed by atoms with Gasteiger partial charge in [-0.05, 0) is 6.42 Å². The van der Waals surface area contributed by atoms with Crippen LogP contribution in [-0.2, 0) is 4.74 Å². The van der Waals surface area contributed by atoms with Crippen molar-refractivity contribution in [2.45, 2.75) is 19.4 Å². The van der Waals surface area contributed by atoms with Crippen LogP contribution in [0.25, 0.3) is 0 Å². The lowest BCUT2D eigenvalue weighted by Crippen LogP contribution is -2.49. The van der Waals surface area contributed by atoms with Crippen LogP contribution in [0.2, 0.25) is 0 Å². The topological polar surface area (TPSA) is 65.4 Å². The summed E-state index contributed by atoms with van der Waals surface area (Å²) in [5, 5.41) is 11.4. The molecule has 0 aliphatic carbocycles. The third-order valence-corrected chi connectivity index (χ3v) is 2.02. The molecule has 0 aromatic heterocycles. The van der Waals surface area contributed by atoms with Crippen LogP contribution in [-0.4, -0.2) is 43.3 Å². The Labute approximate surface area is 83.6 Å². The van der Waals surface area contributed by atoms with Crippen molar-refractivity contribution in [1.82, 2.24) is 10.2 Å². The van der Waals surface area contributed by atoms with Gasteiger partial charge in [0.1, 0.15) is 0 Å². The molecule has 0 bridgehead atoms. The molecule has 0 saturated carbocycles. The van der Waals surface area contributed by atoms with Crippen LogP contribution in [0.15, 0.2) is 0 Å². The molecule has 0 aromatic rings. The number of carbonyl (C=O) groups is 1. The van der Waals surface area contributed by atoms with Crippen molar-refractivity contribution in [3.05, 3.63) is 0 Å². The molecule has 1 rings (SSSR count). The lowest BCUT2D eigenvalue weighted by Gasteiger charge is -2.29. The lowest BCUT2D eigenvalue weighted by atomic mass is 10.3. The average molecular weight is 197 g/mol. The van der Waals surface area contributed by atoms with Gasteiger partial charge in [-0.15, -0.1) is 0 Å². The first-order valence-electron chi connectivity index (χ1n) is 4.82. The third kappa shape index (κ3) is 2.89. The highest BCUT2D eigenvalue weighted by Crippen LogP contribution is 2.03. The van der Waals surface area contributed by atoms with Gasteiger partial charge in [-0.3, -0.25) is 0 Å². The van der Waals surface area contributed by atoms with Gasteiger partial charge >= 0.3 is 6.03 Å². The molecule has 0 spiro atoms. The molecule has 14 heavy (non-hydrogen) atoms. The molecular formula is C9H15N3O2. The second-order valence-corrected chi connectivity index (χ2v) is 3.17. The Morgan fingerprint density at radius 3 is 3.21 bits per heavy atom. The zero-order valence-electron chi connectivity index (χ0n) is 8.32. The summed E-state index contributed by atoms with van der Waals surface area (Å²) >= 11 is 0. The van der Waals surface area contributed by atoms with E-state index in [1.807, 2.05) is 13.0 Å². The van der Waals surface area contributed by atoms with E-state index < -0.39 is 6.10 Å². The van der Waals surface area contributed by atoms with Gasteiger partial charge in [0.25, 0.3) is 0 Å². The van der Waals surface area contributed by atoms with Gasteiger partial charge in [0.2, 0.25) is 0 Å². The fraction of sp³-hybridized carbons (Fsp3) is 0.778. The van der Waals surface area contributed by atoms with Gasteiger partial charge in [-0.25, -0.2) is 4.79 Å². The van der Waals surface area contributed by atoms with Gasteiger partial charge in [0.05, 0.1) is 19.2 Å². The first kappa shape index (κ1) is 10.8. The predicted molar refractivity (Wildman–Crippen MR) is 50.6 cm³/mol. The Morgan fingerprint density at radius 2 is 2.57 bits per heavy atom. The van der Waals surface area contributed by atoms with Crippen LogP contribution in [0.1, 0.15) is 13.3 Å². The SMILES string of the molecule is CCCNC(=O)N1CCOC(C#N)C1. The Morgan fingerprint density at radius 1 is 1.79 bits per heavy atom. The summed E-state index contributed by atoms with van der Waals surface area (Å²) in [7, 11) is 0. The summed E-state index contributed by atoms with van der Waals surface area (Å²) in [5.41, 5.74) is 0. The maximum absolute atomic E-state index is 11.5. The summed E-state index contributed by atoms with van der Waals surface area (Å²) in [6.45, 7) is 4.04. The molecular weight excluding hydrogens is 182 g/mol. The number of nitrogens with zero attached hydrogens (tertiary/aromatic N) is 2. The molecule has 0 radical (unpaired) electrons. The fourth-order valence-electron chi connectivity index (χ4n) is 1.26. The summed E-state index contributed by atoms with van der Waals surface area (Å²) in [4.78, 5) is 13.1. The van der Waals surface area contributed by atoms with Crippen molar-refractivity contribution >= 4 is 6.03 Å². The van der Waals surface area contributed by atoms with Crippen LogP contribution >= 0.6 is 0 Å². The maximum atomic E-state index is 11.5. The van der Waals surface area contributed by atoms with Gasteiger partial charge < -0.3 is 15.0 Å². The van der Waals surface area contributed by atoms with E-state index in [0.717, 1.165) is 6.42 Å². The smallest absolute Gasteiger partial charge is 0.317 e. The Hall–Kier alpha value is -1.28. The first-order chi connectivity index (χ1) is 6.77. The lowest BCUT2D eigenvalue weighted by molar-refractivity contribution is 0.0158. The van der Waals surface area contributed by atoms with E-state index in [1.54, 1.807) is 4.90 Å². The number of hydrogen-bond acceptors (Lipinski definition) is 3. The standard InChI is InChI=1S/C9H15N3O2/c1-2-3-11-9(13)12-4-5-14-8(6-10)7-12/h8H,2-5,7H2,1H3,(H,11,13). The Balaban J connectivity index is 2.36. The number of ether oxygens (including phenoxy) is 1. The predicted octanol–water partition coefficient (Wildman–Crippen LogP) is 0.330. The van der Waals surface area contributed by atoms with Crippen molar-refractivity contribution in [1.29, 1.82) is 5.26 Å². The second-order valence-electron chi connectivity index (χ2n) is 3.17. The van der Waals surface area contributed by atoms with Crippen LogP contribution < -0.4 is 5.32 Å². The van der Waals surface area contributed by atoms with Crippen LogP contribution in [0, 0.1) is 11.3 Å². The number of nitriles is 1. The monoisotopic (exact) mass is 197 g/mol. The van der Waals surface area contributed by atoms with Crippen molar-refractivity contribution in [2.24, 2.45) is 0 Å². The molecule has 1 fully saturated rings. The van der Waals surface area contributed by atoms with E-state index in [2.05, 4.69) is 5.32 Å². The van der Waals surface area contributed by atoms with Crippen LogP contribution in [0.4, 0.5) is 4.79 Å². The van der Waals surface area contributed by atoms with Crippen molar-refractivity contribution in [2.75, 3.05) is 26.2 Å². The van der Waals surface area contributed by atoms with E-state index in [1.165, 1.54) is 0 Å². The average Bonchev–Trinajstić information content (AvgIpc) is 2.26. The number of morpholine rings is 1. The number of rotatable bonds is 2. The molecule has 1 heterocycles. The summed E-state index contributed by atoms with van der Waals surface area (Å²) in [6.07, 6.45) is 0.439. The summed E-state index contributed by atoms with van der Waals surface area (Å²) in [5.74, 6) is 0. The van der Waals surface area contributed by atoms with Crippen LogP contribution in [0.5, 0.6) is 0 Å². The molecule has 1 N–H and O–H groups in total. The molecule has 1 aliphatic heterocycles. The largest absolute Gasteiger partial charge is 0.360 e. The zero-order chi connectivity index (χ0) is 10.4. The first-order valence-corrected chi connectivity index (χ1v) is 4.82. The molecule has 1 atom stereocenters. The minimum atomic E-state index is -0.476. The van der Waals surface area contributed by atoms with E-state index >= 15 is 0 Å². The molecule has 5 nitrogen and oxygen atoms in total. The molecule has 5 heteroatoms. The normalized spacial score (nSPS) is 21.4. The van der Waals surface area contributed by atoms with Crippen molar-refractivity contribution in [3.8, 4) is 6.07 Å². The van der Waals surface area contributed by atoms with Crippen LogP contribution in [0.3, 0.4) is 0 Å². The summed E-state index contributed by atoms with van der Waals surface area (Å²) < 4.78 is 5.13. The second kappa shape index (κ2) is 5.45. The van der Waals surface area contributed by atoms with E-state index in [4.69, 9.17) is 10.00 Å². The molecule has 1 unspecified atom stereocenters. The van der Waals surface area contributed by atoms with Gasteiger partial charge in [-0.1, -0.05) is 6.92 Å². The van der Waals surface area contributed by atoms with Crippen molar-refractivity contribution < 1.29 is 9.53 Å². The molecule has 78 valence electrons. The van der Waals surface area contributed by atoms with E-state index in [9.17, 15) is 4.79 Å². The molecule has 1 saturated heterocycles. The zero-order valence-corrected chi connectivity index (χ0v) is 8.32. The molecule has 0 aromatic carbocycles. The number of carbonyl (C=O) groups excluding carboxylic acids is 1. The number of amides is 2. The Bertz CT molecular complexity index is 237. The van der Waals surface area contributed by atoms with Gasteiger partial charge in [-0.2, -0.15) is 5.26 Å². The van der Waals surface area contributed by atoms with E-state index in [0.29, 0.717) is 26.2 Å². The highest BCUT2D eigenvalue weighted by Gasteiger charge is 2.23. The fourth-order valence-corrected chi connectivity index (χ4v) is 1.26. The van der Waals surface area contributed by atoms with E-state index in [-0.39, 0.29) is 6.03 Å². The van der Waals surface area contributed by atoms with Gasteiger partial charge in [0, 0.05) is 13.1 Å². The highest BCUT2D eigenvalue weighted by molar-refractivity contribution is 5.74. The third-order valence-electron chi connectivity index (χ3n) is 2.02. The number of urea groups is 1. The minimum Gasteiger partial charge on any atom is -0.360 e. The van der Waals surface area contributed by atoms with Gasteiger partial charge in [0.15, 0.2) is 6.10 Å². The maximum Gasteiger partial charge on any atom is 0.317 e. The minimum absolute atomic E-state index is 0.101. The molecule has 1 aliphatic rings. The number of nitrogens with one attached hydrogen (secondary N) is 1. The van der Waals surface area contributed by atoms with Crippen molar-refractivity contribution in [3.63, 3.8) is 0 Å². The number of hydrogen-bond donors (Lipinski definition) is 1. The Kier molecular flexibility index (Phi) is 4.20. The quantitative estimate of drug-likeness (QED) is 0.693.